The van der Waals surface area contributed by atoms with Gasteiger partial charge in [-0.2, -0.15) is 11.8 Å². The number of rotatable bonds is 7. The van der Waals surface area contributed by atoms with Crippen molar-refractivity contribution < 1.29 is 4.74 Å². The molecule has 1 heterocycles. The highest BCUT2D eigenvalue weighted by molar-refractivity contribution is 9.10. The van der Waals surface area contributed by atoms with Gasteiger partial charge in [-0.15, -0.1) is 0 Å². The third-order valence-corrected chi connectivity index (χ3v) is 5.64. The van der Waals surface area contributed by atoms with Gasteiger partial charge in [-0.05, 0) is 36.1 Å². The largest absolute Gasteiger partial charge is 0.493 e. The molecule has 112 valence electrons. The van der Waals surface area contributed by atoms with Gasteiger partial charge < -0.3 is 4.74 Å². The van der Waals surface area contributed by atoms with Crippen LogP contribution < -0.4 is 16.0 Å². The van der Waals surface area contributed by atoms with Crippen LogP contribution in [0.3, 0.4) is 0 Å². The Hall–Kier alpha value is -0.230. The molecule has 3 N–H and O–H groups in total. The summed E-state index contributed by atoms with van der Waals surface area (Å²) < 4.78 is 6.91. The van der Waals surface area contributed by atoms with Crippen LogP contribution >= 0.6 is 27.7 Å². The van der Waals surface area contributed by atoms with Crippen LogP contribution in [0.1, 0.15) is 31.4 Å². The summed E-state index contributed by atoms with van der Waals surface area (Å²) in [4.78, 5) is 0. The van der Waals surface area contributed by atoms with E-state index in [0.717, 1.165) is 35.4 Å². The van der Waals surface area contributed by atoms with Gasteiger partial charge in [0.1, 0.15) is 5.75 Å². The van der Waals surface area contributed by atoms with Gasteiger partial charge in [0.2, 0.25) is 0 Å². The maximum absolute atomic E-state index is 5.78. The van der Waals surface area contributed by atoms with Gasteiger partial charge >= 0.3 is 0 Å². The zero-order chi connectivity index (χ0) is 14.5. The SMILES string of the molecule is CCC(C)SCC(Cc1cc(Br)cc2c1OCC2)NN. The summed E-state index contributed by atoms with van der Waals surface area (Å²) in [5.74, 6) is 7.81. The standard InChI is InChI=1S/C15H23BrN2OS/c1-3-10(2)20-9-14(18-17)8-12-7-13(16)6-11-4-5-19-15(11)12/h6-7,10,14,18H,3-5,8-9,17H2,1-2H3. The Labute approximate surface area is 134 Å². The molecule has 0 saturated heterocycles. The zero-order valence-corrected chi connectivity index (χ0v) is 14.5. The molecule has 0 aliphatic carbocycles. The number of hydrogen-bond donors (Lipinski definition) is 2. The second kappa shape index (κ2) is 7.69. The summed E-state index contributed by atoms with van der Waals surface area (Å²) in [7, 11) is 0. The van der Waals surface area contributed by atoms with Crippen molar-refractivity contribution in [3.8, 4) is 5.75 Å². The van der Waals surface area contributed by atoms with E-state index < -0.39 is 0 Å². The lowest BCUT2D eigenvalue weighted by molar-refractivity contribution is 0.352. The molecule has 5 heteroatoms. The number of fused-ring (bicyclic) bond motifs is 1. The molecule has 2 atom stereocenters. The van der Waals surface area contributed by atoms with Crippen LogP contribution in [0.15, 0.2) is 16.6 Å². The maximum Gasteiger partial charge on any atom is 0.125 e. The van der Waals surface area contributed by atoms with Crippen LogP contribution in [0, 0.1) is 0 Å². The third kappa shape index (κ3) is 4.13. The average Bonchev–Trinajstić information content (AvgIpc) is 2.90. The maximum atomic E-state index is 5.78. The van der Waals surface area contributed by atoms with Crippen LogP contribution in [0.25, 0.3) is 0 Å². The van der Waals surface area contributed by atoms with Crippen molar-refractivity contribution in [1.29, 1.82) is 0 Å². The summed E-state index contributed by atoms with van der Waals surface area (Å²) in [6, 6.07) is 4.59. The predicted molar refractivity (Wildman–Crippen MR) is 90.4 cm³/mol. The second-order valence-corrected chi connectivity index (χ2v) is 7.66. The summed E-state index contributed by atoms with van der Waals surface area (Å²) in [5, 5.41) is 0.676. The smallest absolute Gasteiger partial charge is 0.125 e. The minimum absolute atomic E-state index is 0.275. The van der Waals surface area contributed by atoms with Crippen molar-refractivity contribution in [2.24, 2.45) is 5.84 Å². The fourth-order valence-corrected chi connectivity index (χ4v) is 3.89. The molecule has 0 amide bonds. The fraction of sp³-hybridized carbons (Fsp3) is 0.600. The Bertz CT molecular complexity index is 456. The number of halogens is 1. The van der Waals surface area contributed by atoms with Crippen molar-refractivity contribution in [3.63, 3.8) is 0 Å². The Morgan fingerprint density at radius 3 is 3.00 bits per heavy atom. The first-order valence-electron chi connectivity index (χ1n) is 7.15. The molecule has 0 fully saturated rings. The molecule has 20 heavy (non-hydrogen) atoms. The van der Waals surface area contributed by atoms with Crippen LogP contribution in [0.4, 0.5) is 0 Å². The molecule has 0 spiro atoms. The summed E-state index contributed by atoms with van der Waals surface area (Å²) in [6.07, 6.45) is 3.10. The second-order valence-electron chi connectivity index (χ2n) is 5.27. The topological polar surface area (TPSA) is 47.3 Å². The van der Waals surface area contributed by atoms with E-state index in [9.17, 15) is 0 Å². The van der Waals surface area contributed by atoms with Crippen molar-refractivity contribution in [1.82, 2.24) is 5.43 Å². The molecule has 0 bridgehead atoms. The lowest BCUT2D eigenvalue weighted by Crippen LogP contribution is -2.39. The number of benzene rings is 1. The molecule has 1 aliphatic rings. The normalized spacial score (nSPS) is 16.6. The Morgan fingerprint density at radius 2 is 2.30 bits per heavy atom. The summed E-state index contributed by atoms with van der Waals surface area (Å²) in [6.45, 7) is 5.27. The van der Waals surface area contributed by atoms with Gasteiger partial charge in [-0.3, -0.25) is 11.3 Å². The molecule has 1 aliphatic heterocycles. The number of ether oxygens (including phenoxy) is 1. The van der Waals surface area contributed by atoms with Crippen LogP contribution in [-0.2, 0) is 12.8 Å². The number of nitrogens with one attached hydrogen (secondary N) is 1. The molecular weight excluding hydrogens is 336 g/mol. The van der Waals surface area contributed by atoms with E-state index in [1.807, 2.05) is 11.8 Å². The molecular formula is C15H23BrN2OS. The quantitative estimate of drug-likeness (QED) is 0.579. The first-order chi connectivity index (χ1) is 9.63. The molecule has 0 aromatic heterocycles. The fourth-order valence-electron chi connectivity index (χ4n) is 2.33. The molecule has 2 unspecified atom stereocenters. The van der Waals surface area contributed by atoms with Gasteiger partial charge in [0.25, 0.3) is 0 Å². The van der Waals surface area contributed by atoms with Gasteiger partial charge in [-0.1, -0.05) is 29.8 Å². The number of thioether (sulfide) groups is 1. The van der Waals surface area contributed by atoms with Crippen LogP contribution in [0.2, 0.25) is 0 Å². The van der Waals surface area contributed by atoms with Gasteiger partial charge in [0.15, 0.2) is 0 Å². The molecule has 1 aromatic carbocycles. The Kier molecular flexibility index (Phi) is 6.20. The number of hydrogen-bond acceptors (Lipinski definition) is 4. The van der Waals surface area contributed by atoms with Crippen molar-refractivity contribution >= 4 is 27.7 Å². The summed E-state index contributed by atoms with van der Waals surface area (Å²) >= 11 is 5.56. The highest BCUT2D eigenvalue weighted by atomic mass is 79.9. The third-order valence-electron chi connectivity index (χ3n) is 3.68. The average molecular weight is 359 g/mol. The number of hydrazine groups is 1. The van der Waals surface area contributed by atoms with Crippen molar-refractivity contribution in [2.75, 3.05) is 12.4 Å². The first-order valence-corrected chi connectivity index (χ1v) is 9.00. The minimum atomic E-state index is 0.275. The molecule has 2 rings (SSSR count). The van der Waals surface area contributed by atoms with E-state index in [4.69, 9.17) is 10.6 Å². The lowest BCUT2D eigenvalue weighted by Gasteiger charge is -2.19. The van der Waals surface area contributed by atoms with Crippen molar-refractivity contribution in [3.05, 3.63) is 27.7 Å². The molecule has 3 nitrogen and oxygen atoms in total. The first kappa shape index (κ1) is 16.1. The highest BCUT2D eigenvalue weighted by Gasteiger charge is 2.20. The predicted octanol–water partition coefficient (Wildman–Crippen LogP) is 3.29. The van der Waals surface area contributed by atoms with E-state index in [2.05, 4.69) is 47.3 Å². The Morgan fingerprint density at radius 1 is 1.50 bits per heavy atom. The van der Waals surface area contributed by atoms with Crippen LogP contribution in [-0.4, -0.2) is 23.7 Å². The monoisotopic (exact) mass is 358 g/mol. The lowest BCUT2D eigenvalue weighted by atomic mass is 10.0. The van der Waals surface area contributed by atoms with Gasteiger partial charge in [0.05, 0.1) is 6.61 Å². The summed E-state index contributed by atoms with van der Waals surface area (Å²) in [5.41, 5.74) is 5.50. The molecule has 1 aromatic rings. The van der Waals surface area contributed by atoms with E-state index in [1.54, 1.807) is 0 Å². The van der Waals surface area contributed by atoms with Crippen LogP contribution in [0.5, 0.6) is 5.75 Å². The van der Waals surface area contributed by atoms with E-state index in [-0.39, 0.29) is 6.04 Å². The van der Waals surface area contributed by atoms with E-state index in [0.29, 0.717) is 5.25 Å². The van der Waals surface area contributed by atoms with Gasteiger partial charge in [0, 0.05) is 27.9 Å². The van der Waals surface area contributed by atoms with E-state index in [1.165, 1.54) is 17.5 Å². The zero-order valence-electron chi connectivity index (χ0n) is 12.1. The number of nitrogens with two attached hydrogens (primary N) is 1. The van der Waals surface area contributed by atoms with E-state index >= 15 is 0 Å². The molecule has 0 saturated carbocycles. The van der Waals surface area contributed by atoms with Gasteiger partial charge in [-0.25, -0.2) is 0 Å². The minimum Gasteiger partial charge on any atom is -0.493 e. The highest BCUT2D eigenvalue weighted by Crippen LogP contribution is 2.34. The Balaban J connectivity index is 2.04. The molecule has 0 radical (unpaired) electrons. The van der Waals surface area contributed by atoms with Crippen molar-refractivity contribution in [2.45, 2.75) is 44.4 Å².